The third-order valence-corrected chi connectivity index (χ3v) is 3.11. The van der Waals surface area contributed by atoms with Gasteiger partial charge in [-0.2, -0.15) is 0 Å². The van der Waals surface area contributed by atoms with Crippen LogP contribution in [0.4, 0.5) is 13.6 Å². The molecule has 19 heavy (non-hydrogen) atoms. The highest BCUT2D eigenvalue weighted by atomic mass is 19.3. The van der Waals surface area contributed by atoms with E-state index in [1.807, 2.05) is 0 Å². The number of aliphatic carboxylic acids is 1. The van der Waals surface area contributed by atoms with Crippen LogP contribution in [0.5, 0.6) is 0 Å². The van der Waals surface area contributed by atoms with Gasteiger partial charge in [0, 0.05) is 6.42 Å². The molecule has 0 aromatic rings. The van der Waals surface area contributed by atoms with Crippen LogP contribution in [-0.2, 0) is 9.53 Å². The fraction of sp³-hybridized carbons (Fsp3) is 0.667. The standard InChI is InChI=1S/C12H17F2NO4/c1-2-7-19-11(18)15-9-4-3-8(10(16)17)5-6-12(9,13)14/h2,8-9H,1,3-7H2,(H,15,18)(H,16,17)/t8-,9-/m1/s1. The van der Waals surface area contributed by atoms with Crippen molar-refractivity contribution >= 4 is 12.1 Å². The quantitative estimate of drug-likeness (QED) is 0.610. The van der Waals surface area contributed by atoms with E-state index in [4.69, 9.17) is 5.11 Å². The molecule has 1 aliphatic rings. The van der Waals surface area contributed by atoms with Gasteiger partial charge in [0.1, 0.15) is 6.61 Å². The van der Waals surface area contributed by atoms with Crippen molar-refractivity contribution in [2.24, 2.45) is 5.92 Å². The van der Waals surface area contributed by atoms with Gasteiger partial charge in [-0.25, -0.2) is 13.6 Å². The summed E-state index contributed by atoms with van der Waals surface area (Å²) in [5, 5.41) is 10.9. The van der Waals surface area contributed by atoms with Gasteiger partial charge in [-0.3, -0.25) is 4.79 Å². The van der Waals surface area contributed by atoms with E-state index < -0.39 is 36.4 Å². The fourth-order valence-electron chi connectivity index (χ4n) is 2.01. The third kappa shape index (κ3) is 4.50. The number of carboxylic acid groups (broad SMARTS) is 1. The van der Waals surface area contributed by atoms with Crippen LogP contribution >= 0.6 is 0 Å². The van der Waals surface area contributed by atoms with Crippen molar-refractivity contribution in [3.8, 4) is 0 Å². The molecule has 0 heterocycles. The molecule has 0 unspecified atom stereocenters. The van der Waals surface area contributed by atoms with Gasteiger partial charge in [-0.05, 0) is 19.3 Å². The van der Waals surface area contributed by atoms with E-state index in [0.717, 1.165) is 0 Å². The van der Waals surface area contributed by atoms with E-state index >= 15 is 0 Å². The molecule has 1 saturated carbocycles. The molecule has 0 spiro atoms. The van der Waals surface area contributed by atoms with Gasteiger partial charge in [0.2, 0.25) is 0 Å². The van der Waals surface area contributed by atoms with Crippen molar-refractivity contribution in [2.45, 2.75) is 37.6 Å². The summed E-state index contributed by atoms with van der Waals surface area (Å²) in [5.41, 5.74) is 0. The number of alkyl carbamates (subject to hydrolysis) is 1. The average molecular weight is 277 g/mol. The maximum absolute atomic E-state index is 13.8. The minimum absolute atomic E-state index is 0.0676. The van der Waals surface area contributed by atoms with Gasteiger partial charge in [-0.1, -0.05) is 12.7 Å². The van der Waals surface area contributed by atoms with Crippen LogP contribution in [0.1, 0.15) is 25.7 Å². The lowest BCUT2D eigenvalue weighted by molar-refractivity contribution is -0.142. The number of nitrogens with one attached hydrogen (secondary N) is 1. The van der Waals surface area contributed by atoms with Gasteiger partial charge in [0.15, 0.2) is 0 Å². The van der Waals surface area contributed by atoms with Crippen molar-refractivity contribution in [1.82, 2.24) is 5.32 Å². The van der Waals surface area contributed by atoms with Crippen molar-refractivity contribution in [3.63, 3.8) is 0 Å². The predicted octanol–water partition coefficient (Wildman–Crippen LogP) is 2.18. The largest absolute Gasteiger partial charge is 0.481 e. The maximum Gasteiger partial charge on any atom is 0.407 e. The Balaban J connectivity index is 2.62. The average Bonchev–Trinajstić information content (AvgIpc) is 2.47. The zero-order valence-corrected chi connectivity index (χ0v) is 10.4. The molecule has 5 nitrogen and oxygen atoms in total. The molecule has 0 aromatic carbocycles. The maximum atomic E-state index is 13.8. The summed E-state index contributed by atoms with van der Waals surface area (Å²) in [6.07, 6.45) is -0.257. The smallest absolute Gasteiger partial charge is 0.407 e. The first-order valence-corrected chi connectivity index (χ1v) is 6.01. The van der Waals surface area contributed by atoms with E-state index in [-0.39, 0.29) is 25.9 Å². The van der Waals surface area contributed by atoms with Crippen molar-refractivity contribution in [3.05, 3.63) is 12.7 Å². The van der Waals surface area contributed by atoms with E-state index in [2.05, 4.69) is 16.6 Å². The summed E-state index contributed by atoms with van der Waals surface area (Å²) >= 11 is 0. The summed E-state index contributed by atoms with van der Waals surface area (Å²) < 4.78 is 32.1. The number of carbonyl (C=O) groups excluding carboxylic acids is 1. The van der Waals surface area contributed by atoms with Gasteiger partial charge in [0.25, 0.3) is 5.92 Å². The van der Waals surface area contributed by atoms with Crippen molar-refractivity contribution in [2.75, 3.05) is 6.61 Å². The number of amides is 1. The van der Waals surface area contributed by atoms with E-state index in [1.54, 1.807) is 0 Å². The number of alkyl halides is 2. The molecule has 0 radical (unpaired) electrons. The van der Waals surface area contributed by atoms with Gasteiger partial charge >= 0.3 is 12.1 Å². The molecule has 1 aliphatic carbocycles. The Labute approximate surface area is 109 Å². The molecule has 0 saturated heterocycles. The van der Waals surface area contributed by atoms with Crippen LogP contribution in [0.15, 0.2) is 12.7 Å². The monoisotopic (exact) mass is 277 g/mol. The molecular formula is C12H17F2NO4. The highest BCUT2D eigenvalue weighted by Crippen LogP contribution is 2.35. The fourth-order valence-corrected chi connectivity index (χ4v) is 2.01. The Morgan fingerprint density at radius 2 is 2.11 bits per heavy atom. The number of carboxylic acids is 1. The minimum Gasteiger partial charge on any atom is -0.481 e. The normalized spacial score (nSPS) is 26.0. The molecule has 1 amide bonds. The zero-order chi connectivity index (χ0) is 14.5. The van der Waals surface area contributed by atoms with Crippen molar-refractivity contribution < 1.29 is 28.2 Å². The number of halogens is 2. The third-order valence-electron chi connectivity index (χ3n) is 3.11. The molecule has 0 bridgehead atoms. The molecule has 0 aromatic heterocycles. The zero-order valence-electron chi connectivity index (χ0n) is 10.4. The Kier molecular flexibility index (Phi) is 5.26. The van der Waals surface area contributed by atoms with Crippen LogP contribution in [0, 0.1) is 5.92 Å². The molecule has 2 atom stereocenters. The Morgan fingerprint density at radius 3 is 2.68 bits per heavy atom. The second kappa shape index (κ2) is 6.49. The molecule has 0 aliphatic heterocycles. The topological polar surface area (TPSA) is 75.6 Å². The van der Waals surface area contributed by atoms with Gasteiger partial charge in [-0.15, -0.1) is 0 Å². The first kappa shape index (κ1) is 15.4. The highest BCUT2D eigenvalue weighted by Gasteiger charge is 2.44. The van der Waals surface area contributed by atoms with E-state index in [9.17, 15) is 18.4 Å². The van der Waals surface area contributed by atoms with Crippen LogP contribution in [0.25, 0.3) is 0 Å². The van der Waals surface area contributed by atoms with Crippen LogP contribution in [-0.4, -0.2) is 35.7 Å². The van der Waals surface area contributed by atoms with Crippen LogP contribution < -0.4 is 5.32 Å². The lowest BCUT2D eigenvalue weighted by Gasteiger charge is -2.25. The number of hydrogen-bond donors (Lipinski definition) is 2. The number of hydrogen-bond acceptors (Lipinski definition) is 3. The summed E-state index contributed by atoms with van der Waals surface area (Å²) in [4.78, 5) is 22.1. The summed E-state index contributed by atoms with van der Waals surface area (Å²) in [6, 6.07) is -1.39. The Morgan fingerprint density at radius 1 is 1.42 bits per heavy atom. The summed E-state index contributed by atoms with van der Waals surface area (Å²) in [6.45, 7) is 3.27. The SMILES string of the molecule is C=CCOC(=O)N[C@@H]1CC[C@@H](C(=O)O)CCC1(F)F. The molecule has 108 valence electrons. The summed E-state index contributed by atoms with van der Waals surface area (Å²) in [5.74, 6) is -5.00. The lowest BCUT2D eigenvalue weighted by Crippen LogP contribution is -2.47. The first-order valence-electron chi connectivity index (χ1n) is 6.01. The minimum atomic E-state index is -3.13. The molecular weight excluding hydrogens is 260 g/mol. The number of carbonyl (C=O) groups is 2. The molecule has 1 fully saturated rings. The van der Waals surface area contributed by atoms with Gasteiger partial charge < -0.3 is 15.2 Å². The highest BCUT2D eigenvalue weighted by molar-refractivity contribution is 5.70. The molecule has 2 N–H and O–H groups in total. The first-order chi connectivity index (χ1) is 8.86. The Hall–Kier alpha value is -1.66. The van der Waals surface area contributed by atoms with E-state index in [0.29, 0.717) is 0 Å². The van der Waals surface area contributed by atoms with Crippen molar-refractivity contribution in [1.29, 1.82) is 0 Å². The van der Waals surface area contributed by atoms with E-state index in [1.165, 1.54) is 6.08 Å². The summed E-state index contributed by atoms with van der Waals surface area (Å²) in [7, 11) is 0. The second-order valence-corrected chi connectivity index (χ2v) is 4.50. The lowest BCUT2D eigenvalue weighted by atomic mass is 10.0. The number of rotatable bonds is 4. The van der Waals surface area contributed by atoms with Gasteiger partial charge in [0.05, 0.1) is 12.0 Å². The Bertz CT molecular complexity index is 360. The molecule has 7 heteroatoms. The second-order valence-electron chi connectivity index (χ2n) is 4.50. The number of ether oxygens (including phenoxy) is 1. The molecule has 1 rings (SSSR count). The predicted molar refractivity (Wildman–Crippen MR) is 63.0 cm³/mol. The van der Waals surface area contributed by atoms with Crippen LogP contribution in [0.3, 0.4) is 0 Å². The van der Waals surface area contributed by atoms with Crippen LogP contribution in [0.2, 0.25) is 0 Å².